The summed E-state index contributed by atoms with van der Waals surface area (Å²) in [5.41, 5.74) is 0.577. The van der Waals surface area contributed by atoms with Crippen molar-refractivity contribution in [2.45, 2.75) is 6.54 Å². The molecule has 2 rings (SSSR count). The third kappa shape index (κ3) is 4.00. The number of carbonyl (C=O) groups excluding carboxylic acids is 1. The molecule has 0 saturated heterocycles. The second-order valence-corrected chi connectivity index (χ2v) is 5.30. The Morgan fingerprint density at radius 3 is 2.43 bits per heavy atom. The number of urea groups is 1. The van der Waals surface area contributed by atoms with Crippen LogP contribution in [0.25, 0.3) is 0 Å². The predicted molar refractivity (Wildman–Crippen MR) is 83.7 cm³/mol. The highest BCUT2D eigenvalue weighted by Gasteiger charge is 2.10. The molecule has 0 unspecified atom stereocenters. The van der Waals surface area contributed by atoms with Gasteiger partial charge in [-0.05, 0) is 24.3 Å². The first kappa shape index (κ1) is 15.9. The molecule has 3 nitrogen and oxygen atoms in total. The highest BCUT2D eigenvalue weighted by molar-refractivity contribution is 6.43. The molecule has 0 atom stereocenters. The fourth-order valence-electron chi connectivity index (χ4n) is 1.64. The highest BCUT2D eigenvalue weighted by Crippen LogP contribution is 2.29. The van der Waals surface area contributed by atoms with E-state index in [-0.39, 0.29) is 22.2 Å². The van der Waals surface area contributed by atoms with E-state index in [1.165, 1.54) is 12.1 Å². The van der Waals surface area contributed by atoms with E-state index in [0.29, 0.717) is 10.7 Å². The molecule has 0 aromatic heterocycles. The molecule has 0 spiro atoms. The molecule has 2 amide bonds. The lowest BCUT2D eigenvalue weighted by Gasteiger charge is -2.11. The summed E-state index contributed by atoms with van der Waals surface area (Å²) in [4.78, 5) is 11.8. The van der Waals surface area contributed by atoms with E-state index >= 15 is 0 Å². The van der Waals surface area contributed by atoms with Crippen LogP contribution in [0.5, 0.6) is 0 Å². The van der Waals surface area contributed by atoms with Gasteiger partial charge >= 0.3 is 6.03 Å². The summed E-state index contributed by atoms with van der Waals surface area (Å²) < 4.78 is 13.6. The van der Waals surface area contributed by atoms with Crippen molar-refractivity contribution in [1.29, 1.82) is 0 Å². The van der Waals surface area contributed by atoms with Crippen LogP contribution < -0.4 is 10.6 Å². The summed E-state index contributed by atoms with van der Waals surface area (Å²) in [5.74, 6) is -0.483. The highest BCUT2D eigenvalue weighted by atomic mass is 35.5. The molecule has 0 aliphatic rings. The van der Waals surface area contributed by atoms with E-state index in [2.05, 4.69) is 10.6 Å². The van der Waals surface area contributed by atoms with Gasteiger partial charge in [-0.25, -0.2) is 9.18 Å². The van der Waals surface area contributed by atoms with Gasteiger partial charge in [-0.2, -0.15) is 0 Å². The second-order valence-electron chi connectivity index (χ2n) is 4.11. The molecule has 110 valence electrons. The zero-order chi connectivity index (χ0) is 15.4. The number of rotatable bonds is 3. The summed E-state index contributed by atoms with van der Waals surface area (Å²) in [7, 11) is 0. The molecule has 0 aliphatic carbocycles. The van der Waals surface area contributed by atoms with Gasteiger partial charge in [0, 0.05) is 17.1 Å². The molecule has 2 aromatic rings. The van der Waals surface area contributed by atoms with Crippen molar-refractivity contribution >= 4 is 46.5 Å². The minimum atomic E-state index is -0.543. The van der Waals surface area contributed by atoms with Crippen molar-refractivity contribution in [2.24, 2.45) is 0 Å². The smallest absolute Gasteiger partial charge is 0.319 e. The molecule has 0 radical (unpaired) electrons. The second kappa shape index (κ2) is 6.98. The maximum Gasteiger partial charge on any atom is 0.319 e. The van der Waals surface area contributed by atoms with Crippen LogP contribution in [0.3, 0.4) is 0 Å². The van der Waals surface area contributed by atoms with E-state index in [1.807, 2.05) is 0 Å². The standard InChI is InChI=1S/C14H10Cl3FN2O/c15-9-3-1-5-11(18)8(9)7-19-14(21)20-12-6-2-4-10(16)13(12)17/h1-6H,7H2,(H2,19,20,21). The number of hydrogen-bond donors (Lipinski definition) is 2. The molecule has 2 N–H and O–H groups in total. The Balaban J connectivity index is 2.01. The molecule has 0 fully saturated rings. The minimum absolute atomic E-state index is 0.0461. The van der Waals surface area contributed by atoms with Crippen LogP contribution >= 0.6 is 34.8 Å². The molecular weight excluding hydrogens is 338 g/mol. The van der Waals surface area contributed by atoms with Crippen molar-refractivity contribution in [3.63, 3.8) is 0 Å². The number of halogens is 4. The topological polar surface area (TPSA) is 41.1 Å². The van der Waals surface area contributed by atoms with Crippen LogP contribution in [0.4, 0.5) is 14.9 Å². The summed E-state index contributed by atoms with van der Waals surface area (Å²) in [5, 5.41) is 5.83. The van der Waals surface area contributed by atoms with Gasteiger partial charge in [0.05, 0.1) is 15.7 Å². The summed E-state index contributed by atoms with van der Waals surface area (Å²) in [6.45, 7) is -0.0461. The zero-order valence-electron chi connectivity index (χ0n) is 10.6. The fraction of sp³-hybridized carbons (Fsp3) is 0.0714. The SMILES string of the molecule is O=C(NCc1c(F)cccc1Cl)Nc1cccc(Cl)c1Cl. The lowest BCUT2D eigenvalue weighted by atomic mass is 10.2. The van der Waals surface area contributed by atoms with E-state index < -0.39 is 11.8 Å². The molecule has 7 heteroatoms. The Morgan fingerprint density at radius 2 is 1.71 bits per heavy atom. The summed E-state index contributed by atoms with van der Waals surface area (Å²) >= 11 is 17.7. The van der Waals surface area contributed by atoms with Gasteiger partial charge in [-0.3, -0.25) is 0 Å². The van der Waals surface area contributed by atoms with Gasteiger partial charge in [0.15, 0.2) is 0 Å². The molecular formula is C14H10Cl3FN2O. The Hall–Kier alpha value is -1.49. The van der Waals surface area contributed by atoms with Crippen LogP contribution in [0.2, 0.25) is 15.1 Å². The lowest BCUT2D eigenvalue weighted by Crippen LogP contribution is -2.28. The van der Waals surface area contributed by atoms with Gasteiger partial charge in [-0.1, -0.05) is 46.9 Å². The average Bonchev–Trinajstić information content (AvgIpc) is 2.43. The van der Waals surface area contributed by atoms with Crippen LogP contribution in [-0.2, 0) is 6.54 Å². The van der Waals surface area contributed by atoms with Crippen molar-refractivity contribution < 1.29 is 9.18 Å². The molecule has 0 bridgehead atoms. The number of nitrogens with one attached hydrogen (secondary N) is 2. The maximum atomic E-state index is 13.6. The monoisotopic (exact) mass is 346 g/mol. The third-order valence-electron chi connectivity index (χ3n) is 2.69. The van der Waals surface area contributed by atoms with Crippen LogP contribution in [0.1, 0.15) is 5.56 Å². The Morgan fingerprint density at radius 1 is 1.05 bits per heavy atom. The van der Waals surface area contributed by atoms with Crippen LogP contribution in [-0.4, -0.2) is 6.03 Å². The lowest BCUT2D eigenvalue weighted by molar-refractivity contribution is 0.251. The third-order valence-corrected chi connectivity index (χ3v) is 3.86. The number of benzene rings is 2. The van der Waals surface area contributed by atoms with E-state index in [9.17, 15) is 9.18 Å². The van der Waals surface area contributed by atoms with E-state index in [4.69, 9.17) is 34.8 Å². The fourth-order valence-corrected chi connectivity index (χ4v) is 2.21. The Bertz CT molecular complexity index is 659. The quantitative estimate of drug-likeness (QED) is 0.796. The normalized spacial score (nSPS) is 10.3. The largest absolute Gasteiger partial charge is 0.334 e. The predicted octanol–water partition coefficient (Wildman–Crippen LogP) is 5.11. The van der Waals surface area contributed by atoms with Gasteiger partial charge in [0.1, 0.15) is 5.82 Å². The Labute approximate surface area is 136 Å². The number of carbonyl (C=O) groups is 1. The van der Waals surface area contributed by atoms with E-state index in [1.54, 1.807) is 24.3 Å². The molecule has 0 aliphatic heterocycles. The van der Waals surface area contributed by atoms with Gasteiger partial charge in [-0.15, -0.1) is 0 Å². The van der Waals surface area contributed by atoms with Crippen LogP contribution in [0, 0.1) is 5.82 Å². The average molecular weight is 348 g/mol. The van der Waals surface area contributed by atoms with Crippen molar-refractivity contribution in [1.82, 2.24) is 5.32 Å². The summed E-state index contributed by atoms with van der Waals surface area (Å²) in [6.07, 6.45) is 0. The van der Waals surface area contributed by atoms with Crippen molar-refractivity contribution in [2.75, 3.05) is 5.32 Å². The molecule has 21 heavy (non-hydrogen) atoms. The van der Waals surface area contributed by atoms with Gasteiger partial charge in [0.2, 0.25) is 0 Å². The van der Waals surface area contributed by atoms with Gasteiger partial charge < -0.3 is 10.6 Å². The van der Waals surface area contributed by atoms with Gasteiger partial charge in [0.25, 0.3) is 0 Å². The zero-order valence-corrected chi connectivity index (χ0v) is 12.9. The molecule has 0 saturated carbocycles. The first-order valence-electron chi connectivity index (χ1n) is 5.91. The number of anilines is 1. The Kier molecular flexibility index (Phi) is 5.28. The van der Waals surface area contributed by atoms with E-state index in [0.717, 1.165) is 0 Å². The van der Waals surface area contributed by atoms with Crippen molar-refractivity contribution in [3.8, 4) is 0 Å². The molecule has 0 heterocycles. The number of hydrogen-bond acceptors (Lipinski definition) is 1. The number of amides is 2. The maximum absolute atomic E-state index is 13.6. The molecule has 2 aromatic carbocycles. The van der Waals surface area contributed by atoms with Crippen molar-refractivity contribution in [3.05, 3.63) is 62.8 Å². The first-order chi connectivity index (χ1) is 9.99. The van der Waals surface area contributed by atoms with Crippen LogP contribution in [0.15, 0.2) is 36.4 Å². The summed E-state index contributed by atoms with van der Waals surface area (Å²) in [6, 6.07) is 8.63. The first-order valence-corrected chi connectivity index (χ1v) is 7.04. The minimum Gasteiger partial charge on any atom is -0.334 e.